The molecule has 0 saturated carbocycles. The molecule has 0 rings (SSSR count). The summed E-state index contributed by atoms with van der Waals surface area (Å²) in [6, 6.07) is 0. The highest BCUT2D eigenvalue weighted by atomic mass is 16.4. The lowest BCUT2D eigenvalue weighted by Gasteiger charge is -2.07. The van der Waals surface area contributed by atoms with Gasteiger partial charge in [0, 0.05) is 0 Å². The summed E-state index contributed by atoms with van der Waals surface area (Å²) in [6.45, 7) is 2.24. The third-order valence-electron chi connectivity index (χ3n) is 3.55. The predicted molar refractivity (Wildman–Crippen MR) is 79.3 cm³/mol. The largest absolute Gasteiger partial charge is 0.481 e. The smallest absolute Gasteiger partial charge is 0.305 e. The van der Waals surface area contributed by atoms with E-state index in [0.29, 0.717) is 6.42 Å². The van der Waals surface area contributed by atoms with Crippen LogP contribution in [0.4, 0.5) is 0 Å². The zero-order valence-electron chi connectivity index (χ0n) is 12.6. The van der Waals surface area contributed by atoms with Gasteiger partial charge in [0.05, 0.1) is 12.5 Å². The highest BCUT2D eigenvalue weighted by molar-refractivity contribution is 5.67. The summed E-state index contributed by atoms with van der Waals surface area (Å²) >= 11 is 0. The van der Waals surface area contributed by atoms with E-state index in [4.69, 9.17) is 5.11 Å². The average Bonchev–Trinajstić information content (AvgIpc) is 2.35. The second-order valence-electron chi connectivity index (χ2n) is 5.58. The molecule has 1 atom stereocenters. The van der Waals surface area contributed by atoms with Crippen molar-refractivity contribution in [3.63, 3.8) is 0 Å². The van der Waals surface area contributed by atoms with Crippen LogP contribution < -0.4 is 0 Å². The molecule has 0 aromatic carbocycles. The molecule has 0 unspecified atom stereocenters. The quantitative estimate of drug-likeness (QED) is 0.457. The molecule has 0 aliphatic carbocycles. The van der Waals surface area contributed by atoms with E-state index in [1.807, 2.05) is 0 Å². The monoisotopic (exact) mass is 272 g/mol. The molecular weight excluding hydrogens is 240 g/mol. The minimum absolute atomic E-state index is 0.113. The lowest BCUT2D eigenvalue weighted by Crippen LogP contribution is -2.12. The Labute approximate surface area is 118 Å². The van der Waals surface area contributed by atoms with Crippen LogP contribution >= 0.6 is 0 Å². The van der Waals surface area contributed by atoms with E-state index in [1.165, 1.54) is 57.8 Å². The standard InChI is InChI=1S/C16H32O3/c1-2-3-4-5-6-7-8-9-10-11-12-13-15(17)14-16(18)19/h15,17H,2-14H2,1H3,(H,18,19)/t15-/m0/s1. The van der Waals surface area contributed by atoms with Gasteiger partial charge in [0.25, 0.3) is 0 Å². The van der Waals surface area contributed by atoms with E-state index in [-0.39, 0.29) is 6.42 Å². The summed E-state index contributed by atoms with van der Waals surface area (Å²) in [6.07, 6.45) is 13.9. The second kappa shape index (κ2) is 13.9. The Morgan fingerprint density at radius 3 is 1.68 bits per heavy atom. The molecule has 3 heteroatoms. The van der Waals surface area contributed by atoms with Gasteiger partial charge in [0.15, 0.2) is 0 Å². The van der Waals surface area contributed by atoms with Crippen LogP contribution in [-0.2, 0) is 4.79 Å². The molecule has 0 radical (unpaired) electrons. The van der Waals surface area contributed by atoms with E-state index < -0.39 is 12.1 Å². The van der Waals surface area contributed by atoms with E-state index in [9.17, 15) is 9.90 Å². The molecule has 0 aliphatic heterocycles. The van der Waals surface area contributed by atoms with Crippen LogP contribution in [0.25, 0.3) is 0 Å². The third kappa shape index (κ3) is 15.4. The summed E-state index contributed by atoms with van der Waals surface area (Å²) in [5.74, 6) is -0.907. The second-order valence-corrected chi connectivity index (χ2v) is 5.58. The maximum Gasteiger partial charge on any atom is 0.305 e. The molecule has 3 nitrogen and oxygen atoms in total. The van der Waals surface area contributed by atoms with E-state index in [1.54, 1.807) is 0 Å². The number of carboxylic acid groups (broad SMARTS) is 1. The first-order valence-corrected chi connectivity index (χ1v) is 8.06. The zero-order chi connectivity index (χ0) is 14.3. The topological polar surface area (TPSA) is 57.5 Å². The number of aliphatic carboxylic acids is 1. The molecular formula is C16H32O3. The number of carbonyl (C=O) groups is 1. The van der Waals surface area contributed by atoms with Crippen molar-refractivity contribution in [1.82, 2.24) is 0 Å². The number of hydrogen-bond donors (Lipinski definition) is 2. The lowest BCUT2D eigenvalue weighted by atomic mass is 10.0. The maximum absolute atomic E-state index is 10.4. The Morgan fingerprint density at radius 2 is 1.26 bits per heavy atom. The van der Waals surface area contributed by atoms with Crippen molar-refractivity contribution in [2.24, 2.45) is 0 Å². The van der Waals surface area contributed by atoms with Crippen LogP contribution in [0.15, 0.2) is 0 Å². The molecule has 2 N–H and O–H groups in total. The van der Waals surface area contributed by atoms with Gasteiger partial charge in [-0.25, -0.2) is 0 Å². The minimum Gasteiger partial charge on any atom is -0.481 e. The van der Waals surface area contributed by atoms with Crippen molar-refractivity contribution in [1.29, 1.82) is 0 Å². The van der Waals surface area contributed by atoms with Crippen molar-refractivity contribution >= 4 is 5.97 Å². The zero-order valence-corrected chi connectivity index (χ0v) is 12.6. The molecule has 0 aromatic heterocycles. The number of aliphatic hydroxyl groups excluding tert-OH is 1. The Kier molecular flexibility index (Phi) is 13.4. The van der Waals surface area contributed by atoms with Crippen LogP contribution in [-0.4, -0.2) is 22.3 Å². The fourth-order valence-electron chi connectivity index (χ4n) is 2.35. The molecule has 0 saturated heterocycles. The molecule has 0 amide bonds. The minimum atomic E-state index is -0.907. The number of aliphatic hydroxyl groups is 1. The summed E-state index contributed by atoms with van der Waals surface area (Å²) in [4.78, 5) is 10.4. The normalized spacial score (nSPS) is 12.5. The fraction of sp³-hybridized carbons (Fsp3) is 0.938. The van der Waals surface area contributed by atoms with Crippen molar-refractivity contribution in [3.8, 4) is 0 Å². The van der Waals surface area contributed by atoms with Crippen molar-refractivity contribution in [2.75, 3.05) is 0 Å². The fourth-order valence-corrected chi connectivity index (χ4v) is 2.35. The van der Waals surface area contributed by atoms with Crippen molar-refractivity contribution in [2.45, 2.75) is 96.5 Å². The predicted octanol–water partition coefficient (Wildman–Crippen LogP) is 4.52. The Hall–Kier alpha value is -0.570. The first-order valence-electron chi connectivity index (χ1n) is 8.06. The van der Waals surface area contributed by atoms with Crippen LogP contribution in [0.1, 0.15) is 90.4 Å². The first kappa shape index (κ1) is 18.4. The van der Waals surface area contributed by atoms with Gasteiger partial charge in [0.1, 0.15) is 0 Å². The Morgan fingerprint density at radius 1 is 0.842 bits per heavy atom. The van der Waals surface area contributed by atoms with E-state index >= 15 is 0 Å². The summed E-state index contributed by atoms with van der Waals surface area (Å²) in [5, 5.41) is 17.9. The Bertz CT molecular complexity index is 204. The highest BCUT2D eigenvalue weighted by Gasteiger charge is 2.08. The van der Waals surface area contributed by atoms with E-state index in [2.05, 4.69) is 6.92 Å². The summed E-state index contributed by atoms with van der Waals surface area (Å²) < 4.78 is 0. The lowest BCUT2D eigenvalue weighted by molar-refractivity contribution is -0.139. The van der Waals surface area contributed by atoms with Gasteiger partial charge in [-0.1, -0.05) is 77.6 Å². The first-order chi connectivity index (χ1) is 9.16. The molecule has 0 spiro atoms. The SMILES string of the molecule is CCCCCCCCCCCCC[C@H](O)CC(=O)O. The van der Waals surface area contributed by atoms with Crippen LogP contribution in [0.5, 0.6) is 0 Å². The van der Waals surface area contributed by atoms with Crippen LogP contribution in [0.3, 0.4) is 0 Å². The van der Waals surface area contributed by atoms with Crippen molar-refractivity contribution in [3.05, 3.63) is 0 Å². The van der Waals surface area contributed by atoms with Gasteiger partial charge in [-0.15, -0.1) is 0 Å². The maximum atomic E-state index is 10.4. The summed E-state index contributed by atoms with van der Waals surface area (Å²) in [5.41, 5.74) is 0. The summed E-state index contributed by atoms with van der Waals surface area (Å²) in [7, 11) is 0. The van der Waals surface area contributed by atoms with E-state index in [0.717, 1.165) is 12.8 Å². The van der Waals surface area contributed by atoms with Gasteiger partial charge >= 0.3 is 5.97 Å². The van der Waals surface area contributed by atoms with Crippen LogP contribution in [0.2, 0.25) is 0 Å². The molecule has 0 fully saturated rings. The number of rotatable bonds is 14. The Balaban J connectivity index is 3.08. The van der Waals surface area contributed by atoms with Gasteiger partial charge in [-0.2, -0.15) is 0 Å². The van der Waals surface area contributed by atoms with Crippen molar-refractivity contribution < 1.29 is 15.0 Å². The molecule has 0 aliphatic rings. The highest BCUT2D eigenvalue weighted by Crippen LogP contribution is 2.13. The van der Waals surface area contributed by atoms with Crippen LogP contribution in [0, 0.1) is 0 Å². The van der Waals surface area contributed by atoms with Gasteiger partial charge in [-0.3, -0.25) is 4.79 Å². The third-order valence-corrected chi connectivity index (χ3v) is 3.55. The molecule has 114 valence electrons. The molecule has 0 heterocycles. The van der Waals surface area contributed by atoms with Gasteiger partial charge in [-0.05, 0) is 6.42 Å². The number of carboxylic acids is 1. The number of unbranched alkanes of at least 4 members (excludes halogenated alkanes) is 10. The number of hydrogen-bond acceptors (Lipinski definition) is 2. The molecule has 0 aromatic rings. The van der Waals surface area contributed by atoms with Gasteiger partial charge < -0.3 is 10.2 Å². The van der Waals surface area contributed by atoms with Gasteiger partial charge in [0.2, 0.25) is 0 Å². The molecule has 19 heavy (non-hydrogen) atoms. The molecule has 0 bridgehead atoms. The average molecular weight is 272 g/mol.